The van der Waals surface area contributed by atoms with E-state index in [0.717, 1.165) is 0 Å². The highest BCUT2D eigenvalue weighted by atomic mass is 35.5. The molecule has 4 aromatic rings. The number of amides is 1. The number of nitrogens with one attached hydrogen (secondary N) is 3. The number of fused-ring (bicyclic) bond motifs is 1. The average Bonchev–Trinajstić information content (AvgIpc) is 3.56. The number of halogens is 3. The summed E-state index contributed by atoms with van der Waals surface area (Å²) in [4.78, 5) is 20.8. The van der Waals surface area contributed by atoms with E-state index in [1.165, 1.54) is 12.1 Å². The molecule has 12 heteroatoms. The number of aromatic nitrogens is 5. The van der Waals surface area contributed by atoms with Crippen molar-refractivity contribution in [1.29, 1.82) is 0 Å². The maximum absolute atomic E-state index is 15.1. The highest BCUT2D eigenvalue weighted by Crippen LogP contribution is 2.38. The summed E-state index contributed by atoms with van der Waals surface area (Å²) in [6.45, 7) is 3.61. The predicted octanol–water partition coefficient (Wildman–Crippen LogP) is 5.37. The molecule has 3 aromatic heterocycles. The van der Waals surface area contributed by atoms with E-state index in [0.29, 0.717) is 47.2 Å². The molecule has 9 nitrogen and oxygen atoms in total. The number of carbonyl (C=O) groups is 1. The molecule has 188 valence electrons. The molecule has 0 aliphatic heterocycles. The zero-order chi connectivity index (χ0) is 25.4. The van der Waals surface area contributed by atoms with Gasteiger partial charge in [-0.05, 0) is 44.9 Å². The fraction of sp³-hybridized carbons (Fsp3) is 0.333. The summed E-state index contributed by atoms with van der Waals surface area (Å²) < 4.78 is 35.7. The Hall–Kier alpha value is -3.73. The second kappa shape index (κ2) is 9.73. The van der Waals surface area contributed by atoms with E-state index in [4.69, 9.17) is 16.3 Å². The molecule has 1 aromatic carbocycles. The Morgan fingerprint density at radius 3 is 2.89 bits per heavy atom. The Morgan fingerprint density at radius 1 is 1.28 bits per heavy atom. The van der Waals surface area contributed by atoms with E-state index < -0.39 is 30.1 Å². The van der Waals surface area contributed by atoms with Crippen LogP contribution in [0.25, 0.3) is 16.9 Å². The first kappa shape index (κ1) is 24.0. The average molecular weight is 516 g/mol. The van der Waals surface area contributed by atoms with Crippen LogP contribution < -0.4 is 10.6 Å². The van der Waals surface area contributed by atoms with Gasteiger partial charge < -0.3 is 15.4 Å². The number of rotatable bonds is 6. The first-order valence-electron chi connectivity index (χ1n) is 11.5. The van der Waals surface area contributed by atoms with E-state index in [1.807, 2.05) is 13.8 Å². The second-order valence-corrected chi connectivity index (χ2v) is 9.36. The third kappa shape index (κ3) is 4.83. The Bertz CT molecular complexity index is 1410. The number of alkyl halides is 1. The minimum absolute atomic E-state index is 0.00900. The van der Waals surface area contributed by atoms with Crippen LogP contribution in [0, 0.1) is 5.82 Å². The van der Waals surface area contributed by atoms with Gasteiger partial charge in [-0.3, -0.25) is 9.50 Å². The van der Waals surface area contributed by atoms with Crippen molar-refractivity contribution in [1.82, 2.24) is 29.9 Å². The molecule has 0 bridgehead atoms. The van der Waals surface area contributed by atoms with Crippen LogP contribution in [-0.4, -0.2) is 49.0 Å². The maximum Gasteiger partial charge on any atom is 0.407 e. The molecule has 36 heavy (non-hydrogen) atoms. The van der Waals surface area contributed by atoms with Crippen LogP contribution in [0.5, 0.6) is 0 Å². The van der Waals surface area contributed by atoms with Gasteiger partial charge >= 0.3 is 6.09 Å². The molecule has 0 unspecified atom stereocenters. The first-order chi connectivity index (χ1) is 17.3. The van der Waals surface area contributed by atoms with Crippen LogP contribution >= 0.6 is 11.6 Å². The van der Waals surface area contributed by atoms with Gasteiger partial charge in [-0.15, -0.1) is 0 Å². The van der Waals surface area contributed by atoms with Gasteiger partial charge in [0, 0.05) is 47.7 Å². The first-order valence-corrected chi connectivity index (χ1v) is 11.9. The summed E-state index contributed by atoms with van der Waals surface area (Å²) in [5.41, 5.74) is 2.35. The van der Waals surface area contributed by atoms with Crippen LogP contribution in [0.3, 0.4) is 0 Å². The minimum Gasteiger partial charge on any atom is -0.443 e. The molecule has 3 atom stereocenters. The van der Waals surface area contributed by atoms with Crippen LogP contribution in [-0.2, 0) is 4.74 Å². The number of ether oxygens (including phenoxy) is 1. The molecule has 1 aliphatic rings. The number of H-pyrrole nitrogens is 1. The van der Waals surface area contributed by atoms with Crippen molar-refractivity contribution in [2.45, 2.75) is 50.9 Å². The van der Waals surface area contributed by atoms with Gasteiger partial charge in [0.1, 0.15) is 23.7 Å². The summed E-state index contributed by atoms with van der Waals surface area (Å²) >= 11 is 5.95. The second-order valence-electron chi connectivity index (χ2n) is 8.95. The lowest BCUT2D eigenvalue weighted by Crippen LogP contribution is -2.36. The monoisotopic (exact) mass is 515 g/mol. The van der Waals surface area contributed by atoms with E-state index in [-0.39, 0.29) is 11.1 Å². The van der Waals surface area contributed by atoms with Crippen LogP contribution in [0.15, 0.2) is 42.7 Å². The van der Waals surface area contributed by atoms with Gasteiger partial charge in [-0.2, -0.15) is 5.10 Å². The van der Waals surface area contributed by atoms with Gasteiger partial charge in [-0.25, -0.2) is 23.5 Å². The molecular formula is C24H24ClF2N7O2. The molecule has 3 N–H and O–H groups in total. The van der Waals surface area contributed by atoms with Crippen LogP contribution in [0.1, 0.15) is 38.3 Å². The largest absolute Gasteiger partial charge is 0.443 e. The van der Waals surface area contributed by atoms with Gasteiger partial charge in [0.2, 0.25) is 5.95 Å². The number of anilines is 2. The summed E-state index contributed by atoms with van der Waals surface area (Å²) in [6, 6.07) is 7.73. The van der Waals surface area contributed by atoms with Crippen molar-refractivity contribution < 1.29 is 18.3 Å². The Labute approximate surface area is 210 Å². The van der Waals surface area contributed by atoms with Crippen LogP contribution in [0.4, 0.5) is 25.3 Å². The van der Waals surface area contributed by atoms with Gasteiger partial charge in [-0.1, -0.05) is 11.6 Å². The van der Waals surface area contributed by atoms with Crippen molar-refractivity contribution in [2.24, 2.45) is 0 Å². The summed E-state index contributed by atoms with van der Waals surface area (Å²) in [5.74, 6) is -0.168. The third-order valence-electron chi connectivity index (χ3n) is 6.01. The molecule has 1 aliphatic carbocycles. The molecule has 0 spiro atoms. The number of carbonyl (C=O) groups excluding carboxylic acids is 1. The van der Waals surface area contributed by atoms with Crippen molar-refractivity contribution in [2.75, 3.05) is 5.32 Å². The third-order valence-corrected chi connectivity index (χ3v) is 6.30. The quantitative estimate of drug-likeness (QED) is 0.318. The highest BCUT2D eigenvalue weighted by molar-refractivity contribution is 6.31. The Balaban J connectivity index is 1.35. The number of hydrogen-bond donors (Lipinski definition) is 3. The Morgan fingerprint density at radius 2 is 2.11 bits per heavy atom. The normalized spacial score (nSPS) is 19.7. The molecule has 1 saturated carbocycles. The fourth-order valence-corrected chi connectivity index (χ4v) is 4.48. The van der Waals surface area contributed by atoms with E-state index in [2.05, 4.69) is 30.8 Å². The topological polar surface area (TPSA) is 109 Å². The number of imidazole rings is 1. The minimum atomic E-state index is -1.36. The highest BCUT2D eigenvalue weighted by Gasteiger charge is 2.41. The number of alkyl carbamates (subject to hydrolysis) is 1. The summed E-state index contributed by atoms with van der Waals surface area (Å²) in [5, 5.41) is 12.9. The van der Waals surface area contributed by atoms with Crippen molar-refractivity contribution in [3.63, 3.8) is 0 Å². The standard InChI is InChI=1S/C24H24ClF2N7O2/c1-12(2)29-24(35)36-19-6-4-14(22(19)27)18-10-20(33-32-18)31-23-30-17(11-21-28-7-8-34(21)23)13-3-5-16(26)15(25)9-13/h3,5,7-12,14,19,22H,4,6H2,1-2H3,(H,29,35)(H2,30,31,32,33)/t14-,19-,22+/m0/s1. The molecular weight excluding hydrogens is 492 g/mol. The molecule has 1 amide bonds. The lowest BCUT2D eigenvalue weighted by atomic mass is 10.0. The zero-order valence-electron chi connectivity index (χ0n) is 19.5. The molecule has 3 heterocycles. The summed E-state index contributed by atoms with van der Waals surface area (Å²) in [6.07, 6.45) is 1.48. The van der Waals surface area contributed by atoms with Gasteiger partial charge in [0.05, 0.1) is 10.7 Å². The predicted molar refractivity (Wildman–Crippen MR) is 131 cm³/mol. The van der Waals surface area contributed by atoms with Crippen LogP contribution in [0.2, 0.25) is 5.02 Å². The number of aromatic amines is 1. The molecule has 0 radical (unpaired) electrons. The fourth-order valence-electron chi connectivity index (χ4n) is 4.30. The molecule has 5 rings (SSSR count). The lowest BCUT2D eigenvalue weighted by Gasteiger charge is -2.18. The van der Waals surface area contributed by atoms with E-state index in [1.54, 1.807) is 35.0 Å². The SMILES string of the molecule is CC(C)NC(=O)O[C@H]1CC[C@@H](c2cc(Nc3nc(-c4ccc(F)c(Cl)c4)cc4nccn34)n[nH]2)[C@H]1F. The van der Waals surface area contributed by atoms with Crippen molar-refractivity contribution in [3.05, 3.63) is 59.3 Å². The summed E-state index contributed by atoms with van der Waals surface area (Å²) in [7, 11) is 0. The maximum atomic E-state index is 15.1. The molecule has 0 saturated heterocycles. The number of benzene rings is 1. The van der Waals surface area contributed by atoms with Gasteiger partial charge in [0.15, 0.2) is 5.82 Å². The number of nitrogens with zero attached hydrogens (tertiary/aromatic N) is 4. The van der Waals surface area contributed by atoms with Crippen molar-refractivity contribution >= 4 is 35.1 Å². The number of hydrogen-bond acceptors (Lipinski definition) is 6. The molecule has 1 fully saturated rings. The smallest absolute Gasteiger partial charge is 0.407 e. The van der Waals surface area contributed by atoms with E-state index >= 15 is 4.39 Å². The Kier molecular flexibility index (Phi) is 6.48. The zero-order valence-corrected chi connectivity index (χ0v) is 20.3. The van der Waals surface area contributed by atoms with Crippen molar-refractivity contribution in [3.8, 4) is 11.3 Å². The lowest BCUT2D eigenvalue weighted by molar-refractivity contribution is 0.0555. The van der Waals surface area contributed by atoms with Gasteiger partial charge in [0.25, 0.3) is 0 Å². The van der Waals surface area contributed by atoms with E-state index in [9.17, 15) is 9.18 Å².